The number of nitrogens with zero attached hydrogens (tertiary/aromatic N) is 1. The first-order chi connectivity index (χ1) is 10.1. The standard InChI is InChI=1S/C15H23N3O3/c1-11(2)21-15-12(4-3-5-17-15)9-18-14(19)8-13-10-20-7-6-16-13/h3-5,11,13,16H,6-10H2,1-2H3,(H,18,19). The lowest BCUT2D eigenvalue weighted by Crippen LogP contribution is -2.44. The van der Waals surface area contributed by atoms with E-state index in [0.29, 0.717) is 32.1 Å². The lowest BCUT2D eigenvalue weighted by Gasteiger charge is -2.23. The quantitative estimate of drug-likeness (QED) is 0.814. The molecule has 2 rings (SSSR count). The molecule has 1 saturated heterocycles. The van der Waals surface area contributed by atoms with Gasteiger partial charge in [0.2, 0.25) is 11.8 Å². The molecule has 1 aromatic rings. The van der Waals surface area contributed by atoms with Crippen molar-refractivity contribution in [2.75, 3.05) is 19.8 Å². The van der Waals surface area contributed by atoms with Crippen molar-refractivity contribution in [3.63, 3.8) is 0 Å². The second-order valence-electron chi connectivity index (χ2n) is 5.34. The summed E-state index contributed by atoms with van der Waals surface area (Å²) < 4.78 is 11.0. The Morgan fingerprint density at radius 1 is 1.62 bits per heavy atom. The third-order valence-corrected chi connectivity index (χ3v) is 3.10. The van der Waals surface area contributed by atoms with Gasteiger partial charge in [-0.15, -0.1) is 0 Å². The summed E-state index contributed by atoms with van der Waals surface area (Å²) in [6, 6.07) is 3.84. The average molecular weight is 293 g/mol. The van der Waals surface area contributed by atoms with Crippen LogP contribution < -0.4 is 15.4 Å². The van der Waals surface area contributed by atoms with Crippen LogP contribution in [0.25, 0.3) is 0 Å². The van der Waals surface area contributed by atoms with E-state index in [-0.39, 0.29) is 18.1 Å². The Balaban J connectivity index is 1.83. The molecule has 0 bridgehead atoms. The highest BCUT2D eigenvalue weighted by atomic mass is 16.5. The van der Waals surface area contributed by atoms with Gasteiger partial charge < -0.3 is 20.1 Å². The number of hydrogen-bond acceptors (Lipinski definition) is 5. The topological polar surface area (TPSA) is 72.5 Å². The highest BCUT2D eigenvalue weighted by Crippen LogP contribution is 2.15. The lowest BCUT2D eigenvalue weighted by molar-refractivity contribution is -0.122. The normalized spacial score (nSPS) is 18.5. The van der Waals surface area contributed by atoms with Crippen LogP contribution >= 0.6 is 0 Å². The van der Waals surface area contributed by atoms with Crippen molar-refractivity contribution in [3.05, 3.63) is 23.9 Å². The monoisotopic (exact) mass is 293 g/mol. The van der Waals surface area contributed by atoms with Gasteiger partial charge in [-0.25, -0.2) is 4.98 Å². The van der Waals surface area contributed by atoms with Crippen molar-refractivity contribution in [1.29, 1.82) is 0 Å². The summed E-state index contributed by atoms with van der Waals surface area (Å²) in [5.74, 6) is 0.573. The number of morpholine rings is 1. The Morgan fingerprint density at radius 2 is 2.48 bits per heavy atom. The second-order valence-corrected chi connectivity index (χ2v) is 5.34. The molecular weight excluding hydrogens is 270 g/mol. The van der Waals surface area contributed by atoms with Gasteiger partial charge in [0.05, 0.1) is 19.3 Å². The SMILES string of the molecule is CC(C)Oc1ncccc1CNC(=O)CC1COCCN1. The first-order valence-corrected chi connectivity index (χ1v) is 7.33. The van der Waals surface area contributed by atoms with Crippen molar-refractivity contribution in [2.24, 2.45) is 0 Å². The molecule has 0 saturated carbocycles. The summed E-state index contributed by atoms with van der Waals surface area (Å²) in [6.45, 7) is 6.42. The summed E-state index contributed by atoms with van der Waals surface area (Å²) in [5, 5.41) is 6.17. The number of aromatic nitrogens is 1. The summed E-state index contributed by atoms with van der Waals surface area (Å²) in [5.41, 5.74) is 0.882. The Morgan fingerprint density at radius 3 is 3.19 bits per heavy atom. The molecule has 116 valence electrons. The summed E-state index contributed by atoms with van der Waals surface area (Å²) >= 11 is 0. The molecule has 1 unspecified atom stereocenters. The van der Waals surface area contributed by atoms with E-state index < -0.39 is 0 Å². The van der Waals surface area contributed by atoms with Crippen LogP contribution in [-0.4, -0.2) is 42.8 Å². The van der Waals surface area contributed by atoms with Crippen molar-refractivity contribution in [1.82, 2.24) is 15.6 Å². The van der Waals surface area contributed by atoms with Crippen LogP contribution in [0.1, 0.15) is 25.8 Å². The minimum absolute atomic E-state index is 0.00245. The number of carbonyl (C=O) groups excluding carboxylic acids is 1. The fraction of sp³-hybridized carbons (Fsp3) is 0.600. The van der Waals surface area contributed by atoms with Crippen LogP contribution in [0.5, 0.6) is 5.88 Å². The Hall–Kier alpha value is -1.66. The van der Waals surface area contributed by atoms with Crippen molar-refractivity contribution >= 4 is 5.91 Å². The van der Waals surface area contributed by atoms with E-state index in [1.807, 2.05) is 26.0 Å². The predicted octanol–water partition coefficient (Wildman–Crippen LogP) is 0.864. The summed E-state index contributed by atoms with van der Waals surface area (Å²) in [7, 11) is 0. The first kappa shape index (κ1) is 15.7. The predicted molar refractivity (Wildman–Crippen MR) is 79.1 cm³/mol. The van der Waals surface area contributed by atoms with E-state index in [2.05, 4.69) is 15.6 Å². The van der Waals surface area contributed by atoms with Crippen LogP contribution in [-0.2, 0) is 16.1 Å². The molecular formula is C15H23N3O3. The fourth-order valence-electron chi connectivity index (χ4n) is 2.13. The number of pyridine rings is 1. The molecule has 0 aliphatic carbocycles. The van der Waals surface area contributed by atoms with Gasteiger partial charge in [0.15, 0.2) is 0 Å². The molecule has 6 heteroatoms. The maximum atomic E-state index is 12.0. The molecule has 2 N–H and O–H groups in total. The van der Waals surface area contributed by atoms with E-state index >= 15 is 0 Å². The second kappa shape index (κ2) is 7.95. The molecule has 0 spiro atoms. The number of amides is 1. The van der Waals surface area contributed by atoms with Crippen LogP contribution in [0.3, 0.4) is 0 Å². The summed E-state index contributed by atoms with van der Waals surface area (Å²) in [4.78, 5) is 16.2. The van der Waals surface area contributed by atoms with Crippen molar-refractivity contribution in [3.8, 4) is 5.88 Å². The van der Waals surface area contributed by atoms with Gasteiger partial charge >= 0.3 is 0 Å². The maximum absolute atomic E-state index is 12.0. The van der Waals surface area contributed by atoms with Gasteiger partial charge in [0.25, 0.3) is 0 Å². The molecule has 1 fully saturated rings. The van der Waals surface area contributed by atoms with Crippen LogP contribution in [0.15, 0.2) is 18.3 Å². The number of hydrogen-bond donors (Lipinski definition) is 2. The van der Waals surface area contributed by atoms with Gasteiger partial charge in [0.1, 0.15) is 0 Å². The van der Waals surface area contributed by atoms with Crippen molar-refractivity contribution in [2.45, 2.75) is 39.0 Å². The summed E-state index contributed by atoms with van der Waals surface area (Å²) in [6.07, 6.45) is 2.16. The van der Waals surface area contributed by atoms with Crippen molar-refractivity contribution < 1.29 is 14.3 Å². The lowest BCUT2D eigenvalue weighted by atomic mass is 10.2. The molecule has 1 aromatic heterocycles. The van der Waals surface area contributed by atoms with Gasteiger partial charge in [0, 0.05) is 37.3 Å². The minimum atomic E-state index is -0.00245. The highest BCUT2D eigenvalue weighted by Gasteiger charge is 2.17. The number of ether oxygens (including phenoxy) is 2. The largest absolute Gasteiger partial charge is 0.475 e. The van der Waals surface area contributed by atoms with E-state index in [1.165, 1.54) is 0 Å². The van der Waals surface area contributed by atoms with Gasteiger partial charge in [-0.3, -0.25) is 4.79 Å². The van der Waals surface area contributed by atoms with Gasteiger partial charge in [-0.05, 0) is 19.9 Å². The molecule has 0 aromatic carbocycles. The molecule has 1 aliphatic heterocycles. The van der Waals surface area contributed by atoms with Crippen LogP contribution in [0.4, 0.5) is 0 Å². The molecule has 1 aliphatic rings. The van der Waals surface area contributed by atoms with E-state index in [1.54, 1.807) is 6.20 Å². The smallest absolute Gasteiger partial charge is 0.221 e. The minimum Gasteiger partial charge on any atom is -0.475 e. The third-order valence-electron chi connectivity index (χ3n) is 3.10. The van der Waals surface area contributed by atoms with E-state index in [9.17, 15) is 4.79 Å². The highest BCUT2D eigenvalue weighted by molar-refractivity contribution is 5.76. The van der Waals surface area contributed by atoms with E-state index in [0.717, 1.165) is 12.1 Å². The van der Waals surface area contributed by atoms with Crippen LogP contribution in [0.2, 0.25) is 0 Å². The zero-order valence-electron chi connectivity index (χ0n) is 12.6. The number of carbonyl (C=O) groups is 1. The zero-order valence-corrected chi connectivity index (χ0v) is 12.6. The Bertz CT molecular complexity index is 459. The molecule has 2 heterocycles. The number of rotatable bonds is 6. The van der Waals surface area contributed by atoms with E-state index in [4.69, 9.17) is 9.47 Å². The zero-order chi connectivity index (χ0) is 15.1. The van der Waals surface area contributed by atoms with Gasteiger partial charge in [-0.2, -0.15) is 0 Å². The third kappa shape index (κ3) is 5.32. The Labute approximate surface area is 125 Å². The first-order valence-electron chi connectivity index (χ1n) is 7.33. The maximum Gasteiger partial charge on any atom is 0.221 e. The average Bonchev–Trinajstić information content (AvgIpc) is 2.47. The molecule has 1 amide bonds. The molecule has 6 nitrogen and oxygen atoms in total. The molecule has 0 radical (unpaired) electrons. The fourth-order valence-corrected chi connectivity index (χ4v) is 2.13. The van der Waals surface area contributed by atoms with Crippen LogP contribution in [0, 0.1) is 0 Å². The molecule has 1 atom stereocenters. The Kier molecular flexibility index (Phi) is 5.95. The van der Waals surface area contributed by atoms with Gasteiger partial charge in [-0.1, -0.05) is 6.07 Å². The molecule has 21 heavy (non-hydrogen) atoms. The number of nitrogens with one attached hydrogen (secondary N) is 2.